The summed E-state index contributed by atoms with van der Waals surface area (Å²) in [7, 11) is 0. The van der Waals surface area contributed by atoms with E-state index >= 15 is 0 Å². The first-order valence-corrected chi connectivity index (χ1v) is 11.5. The fourth-order valence-corrected chi connectivity index (χ4v) is 11.0. The van der Waals surface area contributed by atoms with E-state index in [4.69, 9.17) is 0 Å². The van der Waals surface area contributed by atoms with Gasteiger partial charge in [0.15, 0.2) is 0 Å². The van der Waals surface area contributed by atoms with Gasteiger partial charge >= 0.3 is 114 Å². The van der Waals surface area contributed by atoms with Gasteiger partial charge in [-0.3, -0.25) is 0 Å². The first-order valence-electron chi connectivity index (χ1n) is 6.34. The summed E-state index contributed by atoms with van der Waals surface area (Å²) in [5, 5.41) is 0. The molecule has 2 heteroatoms. The normalized spacial score (nSPS) is 11.2. The van der Waals surface area contributed by atoms with E-state index in [0.717, 1.165) is 11.8 Å². The van der Waals surface area contributed by atoms with Crippen LogP contribution in [-0.2, 0) is 24.9 Å². The Balaban J connectivity index is 2.56. The molecule has 1 nitrogen and oxygen atoms in total. The van der Waals surface area contributed by atoms with Crippen molar-refractivity contribution in [3.63, 3.8) is 0 Å². The zero-order valence-electron chi connectivity index (χ0n) is 11.1. The van der Waals surface area contributed by atoms with Crippen molar-refractivity contribution in [2.45, 2.75) is 27.7 Å². The maximum atomic E-state index is 2.78. The van der Waals surface area contributed by atoms with Gasteiger partial charge in [-0.15, -0.1) is 0 Å². The van der Waals surface area contributed by atoms with Gasteiger partial charge in [0.1, 0.15) is 0 Å². The Morgan fingerprint density at radius 3 is 1.88 bits per heavy atom. The summed E-state index contributed by atoms with van der Waals surface area (Å²) in [6, 6.07) is 11.1. The molecule has 1 aromatic carbocycles. The molecule has 0 atom stereocenters. The topological polar surface area (TPSA) is 3.24 Å². The molecule has 0 aliphatic heterocycles. The van der Waals surface area contributed by atoms with Gasteiger partial charge in [0, 0.05) is 0 Å². The van der Waals surface area contributed by atoms with Crippen molar-refractivity contribution >= 4 is 3.07 Å². The van der Waals surface area contributed by atoms with Gasteiger partial charge < -0.3 is 0 Å². The van der Waals surface area contributed by atoms with Crippen LogP contribution in [0.2, 0.25) is 0 Å². The van der Waals surface area contributed by atoms with Gasteiger partial charge in [-0.25, -0.2) is 0 Å². The van der Waals surface area contributed by atoms with Crippen molar-refractivity contribution in [1.82, 2.24) is 2.66 Å². The molecule has 0 N–H and O–H groups in total. The van der Waals surface area contributed by atoms with Crippen LogP contribution < -0.4 is 3.07 Å². The molecule has 0 amide bonds. The third-order valence-corrected chi connectivity index (χ3v) is 9.49. The molecule has 0 aromatic heterocycles. The zero-order valence-corrected chi connectivity index (χ0v) is 16.6. The average Bonchev–Trinajstić information content (AvgIpc) is 2.16. The van der Waals surface area contributed by atoms with Crippen LogP contribution in [0.1, 0.15) is 27.7 Å². The monoisotopic (exact) mass is 407 g/mol. The standard InChI is InChI=1S/C8H18N.C6H5.Hg/c1-7(2)5-9-6-8(3)4;1-2-4-6-5-3-1;/h7-8H,5-6H2,1-4H3;1-5H;/q-1;;+1. The van der Waals surface area contributed by atoms with Crippen molar-refractivity contribution in [3.8, 4) is 0 Å². The molecular formula is C14H23HgN. The molecule has 0 aliphatic carbocycles. The van der Waals surface area contributed by atoms with Crippen molar-refractivity contribution in [1.29, 1.82) is 0 Å². The number of nitrogens with zero attached hydrogens (tertiary/aromatic N) is 1. The SMILES string of the molecule is CC(C)C[N](CC(C)C)[Hg][c]1ccccc1. The molecule has 0 spiro atoms. The van der Waals surface area contributed by atoms with Gasteiger partial charge in [0.25, 0.3) is 0 Å². The quantitative estimate of drug-likeness (QED) is 0.658. The second kappa shape index (κ2) is 7.44. The third kappa shape index (κ3) is 6.00. The molecule has 86 valence electrons. The summed E-state index contributed by atoms with van der Waals surface area (Å²) in [6.45, 7) is 11.9. The second-order valence-electron chi connectivity index (χ2n) is 5.47. The molecule has 0 unspecified atom stereocenters. The van der Waals surface area contributed by atoms with Crippen molar-refractivity contribution in [2.75, 3.05) is 13.1 Å². The Labute approximate surface area is 113 Å². The molecule has 16 heavy (non-hydrogen) atoms. The summed E-state index contributed by atoms with van der Waals surface area (Å²) in [6.07, 6.45) is 0. The van der Waals surface area contributed by atoms with E-state index in [9.17, 15) is 0 Å². The van der Waals surface area contributed by atoms with Crippen LogP contribution in [0.4, 0.5) is 0 Å². The van der Waals surface area contributed by atoms with E-state index in [1.807, 2.05) is 0 Å². The summed E-state index contributed by atoms with van der Waals surface area (Å²) in [5.74, 6) is 1.59. The van der Waals surface area contributed by atoms with Crippen molar-refractivity contribution in [2.24, 2.45) is 11.8 Å². The third-order valence-electron chi connectivity index (χ3n) is 2.50. The van der Waals surface area contributed by atoms with Crippen molar-refractivity contribution in [3.05, 3.63) is 30.3 Å². The molecule has 0 fully saturated rings. The number of rotatable bonds is 6. The number of hydrogen-bond donors (Lipinski definition) is 0. The Morgan fingerprint density at radius 1 is 0.938 bits per heavy atom. The van der Waals surface area contributed by atoms with E-state index in [1.165, 1.54) is 13.1 Å². The van der Waals surface area contributed by atoms with E-state index in [0.29, 0.717) is 0 Å². The second-order valence-corrected chi connectivity index (χ2v) is 13.3. The number of benzene rings is 1. The molecular weight excluding hydrogens is 383 g/mol. The molecule has 0 bridgehead atoms. The summed E-state index contributed by atoms with van der Waals surface area (Å²) >= 11 is -1.05. The molecule has 0 aliphatic rings. The Morgan fingerprint density at radius 2 is 1.44 bits per heavy atom. The van der Waals surface area contributed by atoms with E-state index in [2.05, 4.69) is 60.7 Å². The first-order chi connectivity index (χ1) is 7.58. The van der Waals surface area contributed by atoms with Crippen LogP contribution in [0.15, 0.2) is 30.3 Å². The molecule has 0 saturated carbocycles. The summed E-state index contributed by atoms with van der Waals surface area (Å²) in [5.41, 5.74) is 0. The Bertz CT molecular complexity index is 272. The average molecular weight is 406 g/mol. The van der Waals surface area contributed by atoms with Gasteiger partial charge in [-0.1, -0.05) is 0 Å². The summed E-state index contributed by atoms with van der Waals surface area (Å²) in [4.78, 5) is 0. The van der Waals surface area contributed by atoms with Crippen LogP contribution >= 0.6 is 0 Å². The Kier molecular flexibility index (Phi) is 6.59. The van der Waals surface area contributed by atoms with Crippen LogP contribution in [0.5, 0.6) is 0 Å². The fourth-order valence-electron chi connectivity index (χ4n) is 2.08. The van der Waals surface area contributed by atoms with Crippen LogP contribution in [0, 0.1) is 11.8 Å². The minimum absolute atomic E-state index is 0.794. The van der Waals surface area contributed by atoms with Gasteiger partial charge in [0.2, 0.25) is 0 Å². The van der Waals surface area contributed by atoms with Crippen LogP contribution in [0.25, 0.3) is 0 Å². The summed E-state index contributed by atoms with van der Waals surface area (Å²) < 4.78 is 4.42. The molecule has 0 saturated heterocycles. The minimum atomic E-state index is -1.05. The predicted octanol–water partition coefficient (Wildman–Crippen LogP) is 2.92. The van der Waals surface area contributed by atoms with E-state index < -0.39 is 24.9 Å². The first kappa shape index (κ1) is 14.2. The van der Waals surface area contributed by atoms with Crippen LogP contribution in [0.3, 0.4) is 0 Å². The van der Waals surface area contributed by atoms with Crippen LogP contribution in [-0.4, -0.2) is 15.8 Å². The zero-order chi connectivity index (χ0) is 12.0. The number of hydrogen-bond acceptors (Lipinski definition) is 1. The van der Waals surface area contributed by atoms with Gasteiger partial charge in [0.05, 0.1) is 0 Å². The van der Waals surface area contributed by atoms with E-state index in [-0.39, 0.29) is 0 Å². The van der Waals surface area contributed by atoms with Gasteiger partial charge in [-0.05, 0) is 0 Å². The van der Waals surface area contributed by atoms with Gasteiger partial charge in [-0.2, -0.15) is 0 Å². The molecule has 0 radical (unpaired) electrons. The van der Waals surface area contributed by atoms with Crippen molar-refractivity contribution < 1.29 is 24.9 Å². The van der Waals surface area contributed by atoms with E-state index in [1.54, 1.807) is 3.07 Å². The fraction of sp³-hybridized carbons (Fsp3) is 0.571. The molecule has 1 aromatic rings. The maximum absolute atomic E-state index is 2.78. The molecule has 1 rings (SSSR count). The molecule has 0 heterocycles. The predicted molar refractivity (Wildman–Crippen MR) is 67.3 cm³/mol. The Hall–Kier alpha value is 0.115.